The van der Waals surface area contributed by atoms with Crippen LogP contribution in [0.1, 0.15) is 38.6 Å². The Morgan fingerprint density at radius 2 is 1.95 bits per heavy atom. The molecule has 2 rings (SSSR count). The maximum absolute atomic E-state index is 12.6. The minimum Gasteiger partial charge on any atom is -0.489 e. The van der Waals surface area contributed by atoms with Crippen LogP contribution in [0.5, 0.6) is 5.75 Å². The number of rotatable bonds is 3. The molecule has 6 nitrogen and oxygen atoms in total. The van der Waals surface area contributed by atoms with Crippen molar-refractivity contribution in [3.8, 4) is 5.75 Å². The number of carbonyl (C=O) groups excluding carboxylic acids is 1. The quantitative estimate of drug-likeness (QED) is 0.799. The van der Waals surface area contributed by atoms with E-state index in [2.05, 4.69) is 4.98 Å². The van der Waals surface area contributed by atoms with E-state index in [1.807, 2.05) is 4.90 Å². The van der Waals surface area contributed by atoms with Gasteiger partial charge in [0.1, 0.15) is 12.4 Å². The molecule has 116 valence electrons. The smallest absolute Gasteiger partial charge is 0.298 e. The minimum absolute atomic E-state index is 0.00757. The van der Waals surface area contributed by atoms with Crippen molar-refractivity contribution in [2.24, 2.45) is 0 Å². The first kappa shape index (κ1) is 15.8. The van der Waals surface area contributed by atoms with Gasteiger partial charge in [-0.1, -0.05) is 24.4 Å². The molecule has 0 N–H and O–H groups in total. The number of hydrogen-bond acceptors (Lipinski definition) is 4. The maximum atomic E-state index is 12.6. The van der Waals surface area contributed by atoms with E-state index in [1.54, 1.807) is 6.92 Å². The number of nitrogens with zero attached hydrogens (tertiary/aromatic N) is 3. The van der Waals surface area contributed by atoms with E-state index in [0.29, 0.717) is 0 Å². The Morgan fingerprint density at radius 1 is 1.33 bits per heavy atom. The first-order chi connectivity index (χ1) is 10.1. The molecule has 1 aliphatic rings. The predicted molar refractivity (Wildman–Crippen MR) is 79.8 cm³/mol. The van der Waals surface area contributed by atoms with Gasteiger partial charge in [-0.3, -0.25) is 14.2 Å². The van der Waals surface area contributed by atoms with Crippen molar-refractivity contribution in [1.82, 2.24) is 14.5 Å². The van der Waals surface area contributed by atoms with Crippen LogP contribution in [0, 0.1) is 0 Å². The lowest BCUT2D eigenvalue weighted by molar-refractivity contribution is -0.134. The standard InChI is InChI=1S/C14H20ClN3O3/c1-10(13(19)17-7-5-3-4-6-8-17)18-9-16-12(15)11(21-2)14(18)20/h9-10H,3-8H2,1-2H3. The van der Waals surface area contributed by atoms with E-state index in [9.17, 15) is 9.59 Å². The molecular formula is C14H20ClN3O3. The van der Waals surface area contributed by atoms with Crippen molar-refractivity contribution in [3.63, 3.8) is 0 Å². The second-order valence-corrected chi connectivity index (χ2v) is 5.55. The SMILES string of the molecule is COc1c(Cl)ncn(C(C)C(=O)N2CCCCCC2)c1=O. The zero-order valence-electron chi connectivity index (χ0n) is 12.3. The highest BCUT2D eigenvalue weighted by Crippen LogP contribution is 2.18. The van der Waals surface area contributed by atoms with E-state index in [0.717, 1.165) is 38.8 Å². The molecule has 1 aromatic rings. The summed E-state index contributed by atoms with van der Waals surface area (Å²) in [4.78, 5) is 30.5. The molecule has 1 saturated heterocycles. The third-order valence-electron chi connectivity index (χ3n) is 3.81. The molecule has 0 spiro atoms. The third-order valence-corrected chi connectivity index (χ3v) is 4.08. The molecule has 0 aromatic carbocycles. The van der Waals surface area contributed by atoms with Gasteiger partial charge in [0, 0.05) is 13.1 Å². The fourth-order valence-electron chi connectivity index (χ4n) is 2.55. The summed E-state index contributed by atoms with van der Waals surface area (Å²) in [6.45, 7) is 3.19. The van der Waals surface area contributed by atoms with Crippen molar-refractivity contribution in [3.05, 3.63) is 21.8 Å². The van der Waals surface area contributed by atoms with Gasteiger partial charge in [-0.05, 0) is 19.8 Å². The lowest BCUT2D eigenvalue weighted by atomic mass is 10.2. The Hall–Kier alpha value is -1.56. The Morgan fingerprint density at radius 3 is 2.52 bits per heavy atom. The average molecular weight is 314 g/mol. The summed E-state index contributed by atoms with van der Waals surface area (Å²) in [5.74, 6) is -0.0974. The number of ether oxygens (including phenoxy) is 1. The van der Waals surface area contributed by atoms with Gasteiger partial charge in [0.05, 0.1) is 7.11 Å². The van der Waals surface area contributed by atoms with E-state index < -0.39 is 11.6 Å². The van der Waals surface area contributed by atoms with E-state index in [1.165, 1.54) is 18.0 Å². The lowest BCUT2D eigenvalue weighted by Crippen LogP contribution is -2.40. The van der Waals surface area contributed by atoms with Crippen LogP contribution in [-0.4, -0.2) is 40.6 Å². The molecule has 1 atom stereocenters. The molecule has 7 heteroatoms. The van der Waals surface area contributed by atoms with Crippen molar-refractivity contribution in [2.45, 2.75) is 38.6 Å². The zero-order chi connectivity index (χ0) is 15.4. The summed E-state index contributed by atoms with van der Waals surface area (Å²) in [7, 11) is 1.36. The Bertz CT molecular complexity index is 565. The van der Waals surface area contributed by atoms with E-state index in [4.69, 9.17) is 16.3 Å². The molecule has 1 unspecified atom stereocenters. The monoisotopic (exact) mass is 313 g/mol. The van der Waals surface area contributed by atoms with Gasteiger partial charge in [-0.2, -0.15) is 0 Å². The van der Waals surface area contributed by atoms with E-state index >= 15 is 0 Å². The zero-order valence-corrected chi connectivity index (χ0v) is 13.1. The molecule has 1 fully saturated rings. The lowest BCUT2D eigenvalue weighted by Gasteiger charge is -2.25. The van der Waals surface area contributed by atoms with Crippen LogP contribution in [0.25, 0.3) is 0 Å². The molecule has 2 heterocycles. The Balaban J connectivity index is 2.25. The normalized spacial score (nSPS) is 17.2. The van der Waals surface area contributed by atoms with Crippen molar-refractivity contribution in [2.75, 3.05) is 20.2 Å². The van der Waals surface area contributed by atoms with Crippen LogP contribution in [-0.2, 0) is 4.79 Å². The summed E-state index contributed by atoms with van der Waals surface area (Å²) in [5.41, 5.74) is -0.437. The molecular weight excluding hydrogens is 294 g/mol. The first-order valence-electron chi connectivity index (χ1n) is 7.15. The van der Waals surface area contributed by atoms with Crippen LogP contribution in [0.3, 0.4) is 0 Å². The summed E-state index contributed by atoms with van der Waals surface area (Å²) in [5, 5.41) is 0.00757. The van der Waals surface area contributed by atoms with Gasteiger partial charge >= 0.3 is 0 Å². The average Bonchev–Trinajstić information content (AvgIpc) is 2.75. The van der Waals surface area contributed by atoms with Crippen molar-refractivity contribution in [1.29, 1.82) is 0 Å². The highest BCUT2D eigenvalue weighted by Gasteiger charge is 2.25. The van der Waals surface area contributed by atoms with Gasteiger partial charge in [-0.15, -0.1) is 0 Å². The summed E-state index contributed by atoms with van der Waals surface area (Å²) in [6, 6.07) is -0.616. The first-order valence-corrected chi connectivity index (χ1v) is 7.53. The van der Waals surface area contributed by atoms with Crippen LogP contribution in [0.2, 0.25) is 5.15 Å². The molecule has 0 radical (unpaired) electrons. The molecule has 1 aromatic heterocycles. The fourth-order valence-corrected chi connectivity index (χ4v) is 2.75. The highest BCUT2D eigenvalue weighted by atomic mass is 35.5. The highest BCUT2D eigenvalue weighted by molar-refractivity contribution is 6.30. The van der Waals surface area contributed by atoms with Crippen LogP contribution >= 0.6 is 11.6 Å². The molecule has 0 bridgehead atoms. The second-order valence-electron chi connectivity index (χ2n) is 5.20. The number of aromatic nitrogens is 2. The van der Waals surface area contributed by atoms with Crippen molar-refractivity contribution < 1.29 is 9.53 Å². The molecule has 0 saturated carbocycles. The van der Waals surface area contributed by atoms with Crippen molar-refractivity contribution >= 4 is 17.5 Å². The van der Waals surface area contributed by atoms with Crippen LogP contribution in [0.4, 0.5) is 0 Å². The summed E-state index contributed by atoms with van der Waals surface area (Å²) >= 11 is 5.81. The second kappa shape index (κ2) is 6.93. The number of halogens is 1. The molecule has 0 aliphatic carbocycles. The predicted octanol–water partition coefficient (Wildman–Crippen LogP) is 1.87. The van der Waals surface area contributed by atoms with Crippen LogP contribution in [0.15, 0.2) is 11.1 Å². The number of carbonyl (C=O) groups is 1. The maximum Gasteiger partial charge on any atom is 0.298 e. The van der Waals surface area contributed by atoms with Gasteiger partial charge in [-0.25, -0.2) is 4.98 Å². The number of methoxy groups -OCH3 is 1. The topological polar surface area (TPSA) is 64.4 Å². The number of likely N-dealkylation sites (tertiary alicyclic amines) is 1. The third kappa shape index (κ3) is 3.37. The van der Waals surface area contributed by atoms with Gasteiger partial charge < -0.3 is 9.64 Å². The largest absolute Gasteiger partial charge is 0.489 e. The van der Waals surface area contributed by atoms with Gasteiger partial charge in [0.2, 0.25) is 11.7 Å². The Labute approximate surface area is 128 Å². The minimum atomic E-state index is -0.616. The number of amides is 1. The Kier molecular flexibility index (Phi) is 5.22. The fraction of sp³-hybridized carbons (Fsp3) is 0.643. The van der Waals surface area contributed by atoms with Crippen LogP contribution < -0.4 is 10.3 Å². The molecule has 1 aliphatic heterocycles. The molecule has 1 amide bonds. The van der Waals surface area contributed by atoms with Gasteiger partial charge in [0.25, 0.3) is 5.56 Å². The summed E-state index contributed by atoms with van der Waals surface area (Å²) < 4.78 is 6.23. The summed E-state index contributed by atoms with van der Waals surface area (Å²) in [6.07, 6.45) is 5.61. The number of hydrogen-bond donors (Lipinski definition) is 0. The molecule has 21 heavy (non-hydrogen) atoms. The van der Waals surface area contributed by atoms with Gasteiger partial charge in [0.15, 0.2) is 5.15 Å². The van der Waals surface area contributed by atoms with E-state index in [-0.39, 0.29) is 16.8 Å².